The van der Waals surface area contributed by atoms with Gasteiger partial charge in [-0.2, -0.15) is 0 Å². The van der Waals surface area contributed by atoms with Gasteiger partial charge < -0.3 is 14.4 Å². The first-order valence-electron chi connectivity index (χ1n) is 7.75. The molecule has 1 heterocycles. The number of carbonyl (C=O) groups is 1. The fourth-order valence-electron chi connectivity index (χ4n) is 2.63. The van der Waals surface area contributed by atoms with Crippen molar-refractivity contribution >= 4 is 29.1 Å². The molecule has 2 aromatic rings. The molecule has 1 amide bonds. The summed E-state index contributed by atoms with van der Waals surface area (Å²) in [5.74, 6) is -0.671. The lowest BCUT2D eigenvalue weighted by atomic mass is 10.1. The number of carbonyl (C=O) groups excluding carboxylic acids is 1. The van der Waals surface area contributed by atoms with Gasteiger partial charge in [0.25, 0.3) is 5.91 Å². The summed E-state index contributed by atoms with van der Waals surface area (Å²) in [6.07, 6.45) is -0.317. The molecule has 0 radical (unpaired) electrons. The number of hydrogen-bond donors (Lipinski definition) is 0. The van der Waals surface area contributed by atoms with Crippen LogP contribution in [0.5, 0.6) is 5.75 Å². The number of amides is 1. The predicted octanol–water partition coefficient (Wildman–Crippen LogP) is 4.11. The van der Waals surface area contributed by atoms with Crippen LogP contribution in [0.3, 0.4) is 0 Å². The Balaban J connectivity index is 1.62. The second-order valence-corrected chi connectivity index (χ2v) is 6.49. The minimum absolute atomic E-state index is 0.0577. The first kappa shape index (κ1) is 18.0. The highest BCUT2D eigenvalue weighted by Crippen LogP contribution is 2.28. The summed E-state index contributed by atoms with van der Waals surface area (Å²) in [4.78, 5) is 14.0. The summed E-state index contributed by atoms with van der Waals surface area (Å²) in [6.45, 7) is 0.963. The van der Waals surface area contributed by atoms with E-state index in [1.54, 1.807) is 35.2 Å². The van der Waals surface area contributed by atoms with Crippen LogP contribution in [-0.2, 0) is 9.53 Å². The SMILES string of the molecule is O=C(COc1ccccc1F)N1CCO[C@H](c2cc(Cl)cc(Cl)c2)C1. The van der Waals surface area contributed by atoms with E-state index in [-0.39, 0.29) is 24.4 Å². The second kappa shape index (κ2) is 8.04. The van der Waals surface area contributed by atoms with Gasteiger partial charge >= 0.3 is 0 Å². The number of benzene rings is 2. The number of halogens is 3. The minimum atomic E-state index is -0.497. The fraction of sp³-hybridized carbons (Fsp3) is 0.278. The van der Waals surface area contributed by atoms with E-state index in [4.69, 9.17) is 32.7 Å². The third-order valence-electron chi connectivity index (χ3n) is 3.86. The van der Waals surface area contributed by atoms with Crippen molar-refractivity contribution in [1.82, 2.24) is 4.90 Å². The van der Waals surface area contributed by atoms with Crippen LogP contribution in [0.15, 0.2) is 42.5 Å². The molecule has 0 aromatic heterocycles. The highest BCUT2D eigenvalue weighted by Gasteiger charge is 2.26. The smallest absolute Gasteiger partial charge is 0.260 e. The maximum absolute atomic E-state index is 13.5. The van der Waals surface area contributed by atoms with Crippen molar-refractivity contribution in [2.45, 2.75) is 6.10 Å². The Morgan fingerprint density at radius 2 is 1.96 bits per heavy atom. The molecule has 25 heavy (non-hydrogen) atoms. The molecule has 7 heteroatoms. The van der Waals surface area contributed by atoms with Crippen LogP contribution in [0.2, 0.25) is 10.0 Å². The third-order valence-corrected chi connectivity index (χ3v) is 4.30. The van der Waals surface area contributed by atoms with Crippen molar-refractivity contribution in [1.29, 1.82) is 0 Å². The molecule has 2 aromatic carbocycles. The Bertz CT molecular complexity index is 751. The largest absolute Gasteiger partial charge is 0.481 e. The Morgan fingerprint density at radius 1 is 1.24 bits per heavy atom. The summed E-state index contributed by atoms with van der Waals surface area (Å²) in [6, 6.07) is 11.2. The third kappa shape index (κ3) is 4.63. The monoisotopic (exact) mass is 383 g/mol. The normalized spacial score (nSPS) is 17.4. The highest BCUT2D eigenvalue weighted by molar-refractivity contribution is 6.34. The van der Waals surface area contributed by atoms with Gasteiger partial charge in [0.15, 0.2) is 18.2 Å². The molecule has 1 atom stereocenters. The van der Waals surface area contributed by atoms with Gasteiger partial charge in [-0.25, -0.2) is 4.39 Å². The zero-order valence-electron chi connectivity index (χ0n) is 13.3. The summed E-state index contributed by atoms with van der Waals surface area (Å²) in [7, 11) is 0. The summed E-state index contributed by atoms with van der Waals surface area (Å²) in [5.41, 5.74) is 0.810. The summed E-state index contributed by atoms with van der Waals surface area (Å²) >= 11 is 12.0. The van der Waals surface area contributed by atoms with Gasteiger partial charge in [-0.3, -0.25) is 4.79 Å². The number of morpholine rings is 1. The molecular weight excluding hydrogens is 368 g/mol. The van der Waals surface area contributed by atoms with Crippen molar-refractivity contribution in [3.63, 3.8) is 0 Å². The van der Waals surface area contributed by atoms with E-state index in [1.807, 2.05) is 0 Å². The Labute approximate surface area is 155 Å². The van der Waals surface area contributed by atoms with Crippen molar-refractivity contribution in [2.75, 3.05) is 26.3 Å². The second-order valence-electron chi connectivity index (χ2n) is 5.62. The molecule has 1 saturated heterocycles. The van der Waals surface area contributed by atoms with Crippen molar-refractivity contribution in [3.05, 3.63) is 63.9 Å². The minimum Gasteiger partial charge on any atom is -0.481 e. The molecule has 1 aliphatic heterocycles. The molecule has 132 valence electrons. The van der Waals surface area contributed by atoms with Crippen LogP contribution >= 0.6 is 23.2 Å². The molecule has 0 unspecified atom stereocenters. The van der Waals surface area contributed by atoms with Gasteiger partial charge in [-0.05, 0) is 35.9 Å². The van der Waals surface area contributed by atoms with E-state index in [9.17, 15) is 9.18 Å². The zero-order chi connectivity index (χ0) is 17.8. The maximum atomic E-state index is 13.5. The van der Waals surface area contributed by atoms with Crippen molar-refractivity contribution < 1.29 is 18.7 Å². The van der Waals surface area contributed by atoms with Gasteiger partial charge in [0.2, 0.25) is 0 Å². The van der Waals surface area contributed by atoms with E-state index in [1.165, 1.54) is 12.1 Å². The Kier molecular flexibility index (Phi) is 5.78. The van der Waals surface area contributed by atoms with E-state index in [0.717, 1.165) is 5.56 Å². The lowest BCUT2D eigenvalue weighted by molar-refractivity contribution is -0.141. The van der Waals surface area contributed by atoms with Gasteiger partial charge in [-0.15, -0.1) is 0 Å². The molecule has 1 aliphatic rings. The van der Waals surface area contributed by atoms with E-state index in [0.29, 0.717) is 29.7 Å². The standard InChI is InChI=1S/C18H16Cl2FNO3/c19-13-7-12(8-14(20)9-13)17-10-22(5-6-24-17)18(23)11-25-16-4-2-1-3-15(16)21/h1-4,7-9,17H,5-6,10-11H2/t17-/m0/s1. The molecule has 0 spiro atoms. The quantitative estimate of drug-likeness (QED) is 0.797. The number of para-hydroxylation sites is 1. The first-order valence-corrected chi connectivity index (χ1v) is 8.51. The van der Waals surface area contributed by atoms with Crippen molar-refractivity contribution in [3.8, 4) is 5.75 Å². The zero-order valence-corrected chi connectivity index (χ0v) is 14.8. The molecule has 1 fully saturated rings. The molecule has 3 rings (SSSR count). The van der Waals surface area contributed by atoms with Crippen molar-refractivity contribution in [2.24, 2.45) is 0 Å². The number of hydrogen-bond acceptors (Lipinski definition) is 3. The van der Waals surface area contributed by atoms with E-state index in [2.05, 4.69) is 0 Å². The molecule has 4 nitrogen and oxygen atoms in total. The molecule has 0 bridgehead atoms. The average molecular weight is 384 g/mol. The predicted molar refractivity (Wildman–Crippen MR) is 93.6 cm³/mol. The van der Waals surface area contributed by atoms with Crippen LogP contribution in [0, 0.1) is 5.82 Å². The molecular formula is C18H16Cl2FNO3. The van der Waals surface area contributed by atoms with Gasteiger partial charge in [0.1, 0.15) is 6.10 Å². The Morgan fingerprint density at radius 3 is 2.68 bits per heavy atom. The topological polar surface area (TPSA) is 38.8 Å². The maximum Gasteiger partial charge on any atom is 0.260 e. The van der Waals surface area contributed by atoms with Gasteiger partial charge in [0, 0.05) is 16.6 Å². The van der Waals surface area contributed by atoms with Gasteiger partial charge in [0.05, 0.1) is 13.2 Å². The number of ether oxygens (including phenoxy) is 2. The van der Waals surface area contributed by atoms with Crippen LogP contribution in [0.25, 0.3) is 0 Å². The Hall–Kier alpha value is -1.82. The van der Waals surface area contributed by atoms with Crippen LogP contribution < -0.4 is 4.74 Å². The molecule has 0 saturated carbocycles. The lowest BCUT2D eigenvalue weighted by Crippen LogP contribution is -2.44. The molecule has 0 aliphatic carbocycles. The molecule has 0 N–H and O–H groups in total. The summed E-state index contributed by atoms with van der Waals surface area (Å²) in [5, 5.41) is 1.02. The van der Waals surface area contributed by atoms with Crippen LogP contribution in [-0.4, -0.2) is 37.1 Å². The summed E-state index contributed by atoms with van der Waals surface area (Å²) < 4.78 is 24.6. The number of rotatable bonds is 4. The van der Waals surface area contributed by atoms with E-state index < -0.39 is 5.82 Å². The van der Waals surface area contributed by atoms with E-state index >= 15 is 0 Å². The van der Waals surface area contributed by atoms with Crippen LogP contribution in [0.4, 0.5) is 4.39 Å². The first-order chi connectivity index (χ1) is 12.0. The lowest BCUT2D eigenvalue weighted by Gasteiger charge is -2.33. The highest BCUT2D eigenvalue weighted by atomic mass is 35.5. The van der Waals surface area contributed by atoms with Crippen LogP contribution in [0.1, 0.15) is 11.7 Å². The van der Waals surface area contributed by atoms with Gasteiger partial charge in [-0.1, -0.05) is 35.3 Å². The number of nitrogens with zero attached hydrogens (tertiary/aromatic N) is 1. The fourth-order valence-corrected chi connectivity index (χ4v) is 3.17. The average Bonchev–Trinajstić information content (AvgIpc) is 2.60.